The van der Waals surface area contributed by atoms with E-state index >= 15 is 0 Å². The Kier molecular flexibility index (Phi) is 4.69. The van der Waals surface area contributed by atoms with Crippen molar-refractivity contribution in [2.45, 2.75) is 45.6 Å². The minimum absolute atomic E-state index is 0.00590. The molecule has 1 N–H and O–H groups in total. The Balaban J connectivity index is 1.90. The predicted molar refractivity (Wildman–Crippen MR) is 78.5 cm³/mol. The Morgan fingerprint density at radius 2 is 2.05 bits per heavy atom. The third-order valence-electron chi connectivity index (χ3n) is 4.42. The smallest absolute Gasteiger partial charge is 0.324 e. The van der Waals surface area contributed by atoms with E-state index < -0.39 is 12.1 Å². The van der Waals surface area contributed by atoms with Crippen LogP contribution in [-0.4, -0.2) is 53.3 Å². The molecule has 0 unspecified atom stereocenters. The number of imide groups is 1. The number of nitriles is 1. The van der Waals surface area contributed by atoms with E-state index in [0.29, 0.717) is 38.9 Å². The van der Waals surface area contributed by atoms with Crippen LogP contribution in [0.3, 0.4) is 0 Å². The number of hydrogen-bond donors (Lipinski definition) is 1. The molecule has 120 valence electrons. The third kappa shape index (κ3) is 3.21. The number of urea groups is 1. The van der Waals surface area contributed by atoms with Gasteiger partial charge in [0, 0.05) is 19.6 Å². The van der Waals surface area contributed by atoms with Crippen LogP contribution in [-0.2, 0) is 9.59 Å². The van der Waals surface area contributed by atoms with Crippen LogP contribution in [0, 0.1) is 16.7 Å². The van der Waals surface area contributed by atoms with E-state index in [2.05, 4.69) is 11.4 Å². The summed E-state index contributed by atoms with van der Waals surface area (Å²) in [6.45, 7) is 5.21. The van der Waals surface area contributed by atoms with Crippen molar-refractivity contribution in [3.05, 3.63) is 0 Å². The fourth-order valence-electron chi connectivity index (χ4n) is 2.82. The summed E-state index contributed by atoms with van der Waals surface area (Å²) in [6.07, 6.45) is 1.97. The van der Waals surface area contributed by atoms with Gasteiger partial charge >= 0.3 is 6.03 Å². The zero-order valence-corrected chi connectivity index (χ0v) is 13.1. The molecule has 2 aliphatic rings. The Morgan fingerprint density at radius 3 is 2.59 bits per heavy atom. The second-order valence-electron chi connectivity index (χ2n) is 6.25. The number of nitrogens with zero attached hydrogens (tertiary/aromatic N) is 3. The summed E-state index contributed by atoms with van der Waals surface area (Å²) < 4.78 is 0. The number of piperidine rings is 1. The maximum absolute atomic E-state index is 12.3. The van der Waals surface area contributed by atoms with Crippen LogP contribution in [0.25, 0.3) is 0 Å². The van der Waals surface area contributed by atoms with Gasteiger partial charge < -0.3 is 10.2 Å². The van der Waals surface area contributed by atoms with E-state index in [1.54, 1.807) is 4.90 Å². The number of nitrogens with one attached hydrogen (secondary N) is 1. The van der Waals surface area contributed by atoms with Gasteiger partial charge in [-0.05, 0) is 26.2 Å². The normalized spacial score (nSPS) is 24.1. The van der Waals surface area contributed by atoms with E-state index in [9.17, 15) is 14.4 Å². The van der Waals surface area contributed by atoms with Crippen molar-refractivity contribution in [2.75, 3.05) is 19.6 Å². The fourth-order valence-corrected chi connectivity index (χ4v) is 2.82. The second-order valence-corrected chi connectivity index (χ2v) is 6.25. The monoisotopic (exact) mass is 306 g/mol. The number of rotatable bonds is 4. The van der Waals surface area contributed by atoms with E-state index in [0.717, 1.165) is 0 Å². The molecule has 7 heteroatoms. The topological polar surface area (TPSA) is 93.5 Å². The van der Waals surface area contributed by atoms with Crippen LogP contribution in [0.15, 0.2) is 0 Å². The summed E-state index contributed by atoms with van der Waals surface area (Å²) in [5.41, 5.74) is -0.369. The lowest BCUT2D eigenvalue weighted by Gasteiger charge is -2.35. The molecule has 2 heterocycles. The van der Waals surface area contributed by atoms with Crippen molar-refractivity contribution in [1.29, 1.82) is 5.26 Å². The maximum Gasteiger partial charge on any atom is 0.324 e. The lowest BCUT2D eigenvalue weighted by molar-refractivity contribution is -0.137. The van der Waals surface area contributed by atoms with Crippen LogP contribution in [0.2, 0.25) is 0 Å². The number of likely N-dealkylation sites (tertiary alicyclic amines) is 1. The number of hydrogen-bond acceptors (Lipinski definition) is 4. The molecule has 7 nitrogen and oxygen atoms in total. The van der Waals surface area contributed by atoms with Crippen molar-refractivity contribution in [2.24, 2.45) is 5.41 Å². The lowest BCUT2D eigenvalue weighted by atomic mass is 9.82. The van der Waals surface area contributed by atoms with Crippen molar-refractivity contribution in [3.63, 3.8) is 0 Å². The Morgan fingerprint density at radius 1 is 1.41 bits per heavy atom. The van der Waals surface area contributed by atoms with Crippen molar-refractivity contribution in [3.8, 4) is 6.07 Å². The first-order valence-corrected chi connectivity index (χ1v) is 7.71. The molecule has 4 amide bonds. The molecule has 0 aromatic carbocycles. The van der Waals surface area contributed by atoms with Crippen molar-refractivity contribution >= 4 is 17.8 Å². The minimum atomic E-state index is -0.754. The number of carbonyl (C=O) groups excluding carboxylic acids is 3. The molecule has 0 saturated carbocycles. The molecule has 0 bridgehead atoms. The zero-order valence-electron chi connectivity index (χ0n) is 13.1. The van der Waals surface area contributed by atoms with E-state index in [4.69, 9.17) is 5.26 Å². The number of amides is 4. The molecule has 2 saturated heterocycles. The van der Waals surface area contributed by atoms with Crippen molar-refractivity contribution < 1.29 is 14.4 Å². The van der Waals surface area contributed by atoms with Gasteiger partial charge in [0.15, 0.2) is 0 Å². The maximum atomic E-state index is 12.3. The molecule has 2 rings (SSSR count). The van der Waals surface area contributed by atoms with Crippen LogP contribution in [0.5, 0.6) is 0 Å². The summed E-state index contributed by atoms with van der Waals surface area (Å²) >= 11 is 0. The highest BCUT2D eigenvalue weighted by molar-refractivity contribution is 6.05. The Bertz CT molecular complexity index is 517. The lowest BCUT2D eigenvalue weighted by Crippen LogP contribution is -2.44. The van der Waals surface area contributed by atoms with Gasteiger partial charge in [-0.3, -0.25) is 14.5 Å². The van der Waals surface area contributed by atoms with Gasteiger partial charge in [-0.1, -0.05) is 6.92 Å². The first-order chi connectivity index (χ1) is 10.4. The van der Waals surface area contributed by atoms with Crippen LogP contribution >= 0.6 is 0 Å². The molecule has 22 heavy (non-hydrogen) atoms. The highest BCUT2D eigenvalue weighted by Gasteiger charge is 2.40. The Labute approximate surface area is 130 Å². The molecule has 1 atom stereocenters. The molecule has 0 aliphatic carbocycles. The summed E-state index contributed by atoms with van der Waals surface area (Å²) in [4.78, 5) is 38.9. The molecular formula is C15H22N4O3. The molecule has 0 aromatic rings. The minimum Gasteiger partial charge on any atom is -0.343 e. The first-order valence-electron chi connectivity index (χ1n) is 7.71. The number of carbonyl (C=O) groups is 3. The fraction of sp³-hybridized carbons (Fsp3) is 0.733. The summed E-state index contributed by atoms with van der Waals surface area (Å²) in [5, 5.41) is 11.7. The first kappa shape index (κ1) is 16.3. The molecule has 2 aliphatic heterocycles. The molecule has 0 aromatic heterocycles. The molecular weight excluding hydrogens is 284 g/mol. The van der Waals surface area contributed by atoms with Crippen LogP contribution in [0.4, 0.5) is 4.79 Å². The average molecular weight is 306 g/mol. The highest BCUT2D eigenvalue weighted by Crippen LogP contribution is 2.30. The summed E-state index contributed by atoms with van der Waals surface area (Å²) in [6, 6.07) is 1.12. The standard InChI is InChI=1S/C15H22N4O3/c1-3-6-19-13(21)11(17-14(19)22)9-12(20)18-7-4-15(2,10-16)5-8-18/h11H,3-9H2,1-2H3,(H,17,22)/t11-/m1/s1. The Hall–Kier alpha value is -2.10. The molecule has 2 fully saturated rings. The second kappa shape index (κ2) is 6.34. The highest BCUT2D eigenvalue weighted by atomic mass is 16.2. The van der Waals surface area contributed by atoms with Gasteiger partial charge in [0.25, 0.3) is 5.91 Å². The van der Waals surface area contributed by atoms with E-state index in [-0.39, 0.29) is 23.7 Å². The van der Waals surface area contributed by atoms with Gasteiger partial charge in [0.2, 0.25) is 5.91 Å². The zero-order chi connectivity index (χ0) is 16.3. The molecule has 0 radical (unpaired) electrons. The van der Waals surface area contributed by atoms with Crippen LogP contribution < -0.4 is 5.32 Å². The average Bonchev–Trinajstić information content (AvgIpc) is 2.76. The van der Waals surface area contributed by atoms with Gasteiger partial charge in [-0.2, -0.15) is 5.26 Å². The molecule has 0 spiro atoms. The van der Waals surface area contributed by atoms with Crippen LogP contribution in [0.1, 0.15) is 39.5 Å². The largest absolute Gasteiger partial charge is 0.343 e. The van der Waals surface area contributed by atoms with Gasteiger partial charge in [-0.15, -0.1) is 0 Å². The van der Waals surface area contributed by atoms with Gasteiger partial charge in [0.1, 0.15) is 6.04 Å². The van der Waals surface area contributed by atoms with Crippen molar-refractivity contribution in [1.82, 2.24) is 15.1 Å². The van der Waals surface area contributed by atoms with E-state index in [1.165, 1.54) is 4.90 Å². The third-order valence-corrected chi connectivity index (χ3v) is 4.42. The quantitative estimate of drug-likeness (QED) is 0.779. The summed E-state index contributed by atoms with van der Waals surface area (Å²) in [5.74, 6) is -0.462. The van der Waals surface area contributed by atoms with Gasteiger partial charge in [0.05, 0.1) is 17.9 Å². The van der Waals surface area contributed by atoms with Gasteiger partial charge in [-0.25, -0.2) is 4.79 Å². The SMILES string of the molecule is CCCN1C(=O)N[C@H](CC(=O)N2CCC(C)(C#N)CC2)C1=O. The summed E-state index contributed by atoms with van der Waals surface area (Å²) in [7, 11) is 0. The predicted octanol–water partition coefficient (Wildman–Crippen LogP) is 0.859. The van der Waals surface area contributed by atoms with E-state index in [1.807, 2.05) is 13.8 Å².